The molecule has 3 rings (SSSR count). The lowest BCUT2D eigenvalue weighted by atomic mass is 10.2. The van der Waals surface area contributed by atoms with Crippen molar-refractivity contribution in [2.45, 2.75) is 12.5 Å². The number of halogens is 2. The minimum absolute atomic E-state index is 0.0366. The molecule has 0 bridgehead atoms. The van der Waals surface area contributed by atoms with Gasteiger partial charge in [0.05, 0.1) is 6.42 Å². The molecule has 1 aliphatic heterocycles. The van der Waals surface area contributed by atoms with Crippen molar-refractivity contribution in [3.63, 3.8) is 0 Å². The second-order valence-electron chi connectivity index (χ2n) is 5.86. The molecule has 10 heteroatoms. The maximum atomic E-state index is 12.2. The van der Waals surface area contributed by atoms with Crippen LogP contribution >= 0.6 is 23.2 Å². The van der Waals surface area contributed by atoms with Crippen molar-refractivity contribution < 1.29 is 9.59 Å². The summed E-state index contributed by atoms with van der Waals surface area (Å²) in [5.74, 6) is -0.758. The number of benzene rings is 2. The van der Waals surface area contributed by atoms with Crippen LogP contribution in [0.25, 0.3) is 0 Å². The zero-order chi connectivity index (χ0) is 20.1. The van der Waals surface area contributed by atoms with Crippen LogP contribution in [0.3, 0.4) is 0 Å². The van der Waals surface area contributed by atoms with E-state index < -0.39 is 17.9 Å². The fourth-order valence-corrected chi connectivity index (χ4v) is 2.98. The molecule has 0 spiro atoms. The van der Waals surface area contributed by atoms with E-state index in [9.17, 15) is 9.59 Å². The predicted molar refractivity (Wildman–Crippen MR) is 111 cm³/mol. The van der Waals surface area contributed by atoms with Gasteiger partial charge < -0.3 is 16.4 Å². The van der Waals surface area contributed by atoms with Gasteiger partial charge in [0.15, 0.2) is 0 Å². The Kier molecular flexibility index (Phi) is 6.13. The lowest BCUT2D eigenvalue weighted by Crippen LogP contribution is -2.32. The number of para-hydroxylation sites is 1. The number of aliphatic imine (C=N–C) groups is 2. The second kappa shape index (κ2) is 8.73. The molecule has 2 aromatic rings. The van der Waals surface area contributed by atoms with E-state index in [-0.39, 0.29) is 18.3 Å². The summed E-state index contributed by atoms with van der Waals surface area (Å²) in [6, 6.07) is 12.9. The highest BCUT2D eigenvalue weighted by atomic mass is 35.5. The Morgan fingerprint density at radius 1 is 1.11 bits per heavy atom. The summed E-state index contributed by atoms with van der Waals surface area (Å²) >= 11 is 11.8. The molecule has 28 heavy (non-hydrogen) atoms. The summed E-state index contributed by atoms with van der Waals surface area (Å²) in [6.45, 7) is 0. The first-order chi connectivity index (χ1) is 13.4. The van der Waals surface area contributed by atoms with Crippen molar-refractivity contribution in [1.29, 1.82) is 0 Å². The monoisotopic (exact) mass is 418 g/mol. The highest BCUT2D eigenvalue weighted by molar-refractivity contribution is 6.35. The van der Waals surface area contributed by atoms with Gasteiger partial charge in [-0.25, -0.2) is 4.99 Å². The molecule has 2 amide bonds. The number of carbonyl (C=O) groups is 2. The minimum Gasteiger partial charge on any atom is -0.369 e. The third kappa shape index (κ3) is 5.45. The quantitative estimate of drug-likeness (QED) is 0.450. The van der Waals surface area contributed by atoms with Crippen LogP contribution in [0.5, 0.6) is 0 Å². The van der Waals surface area contributed by atoms with E-state index in [4.69, 9.17) is 28.9 Å². The van der Waals surface area contributed by atoms with E-state index in [0.29, 0.717) is 15.7 Å². The van der Waals surface area contributed by atoms with E-state index in [0.717, 1.165) is 5.69 Å². The summed E-state index contributed by atoms with van der Waals surface area (Å²) in [7, 11) is 0. The summed E-state index contributed by atoms with van der Waals surface area (Å²) in [6.07, 6.45) is -0.166. The number of nitrogens with zero attached hydrogens (tertiary/aromatic N) is 2. The van der Waals surface area contributed by atoms with Gasteiger partial charge in [-0.05, 0) is 30.3 Å². The van der Waals surface area contributed by atoms with Crippen molar-refractivity contribution in [3.05, 3.63) is 58.6 Å². The standard InChI is InChI=1S/C18H16Cl2N6O2/c19-10-6-11(20)8-13(7-10)22-15(27)9-14-16(28)25-18(24-14)26-17(21)23-12-4-2-1-3-5-12/h1-8,14H,9H2,(H,22,27)(H4,21,23,24,25,26,28)/t14-/m1/s1. The van der Waals surface area contributed by atoms with Crippen LogP contribution in [0, 0.1) is 0 Å². The van der Waals surface area contributed by atoms with Gasteiger partial charge in [-0.2, -0.15) is 4.99 Å². The Labute approximate surface area is 170 Å². The maximum absolute atomic E-state index is 12.2. The van der Waals surface area contributed by atoms with E-state index in [2.05, 4.69) is 25.9 Å². The van der Waals surface area contributed by atoms with Crippen LogP contribution in [-0.2, 0) is 9.59 Å². The molecule has 144 valence electrons. The maximum Gasteiger partial charge on any atom is 0.252 e. The summed E-state index contributed by atoms with van der Waals surface area (Å²) in [5, 5.41) is 8.77. The molecule has 5 N–H and O–H groups in total. The van der Waals surface area contributed by atoms with Crippen molar-refractivity contribution in [2.24, 2.45) is 15.7 Å². The number of nitrogens with two attached hydrogens (primary N) is 1. The normalized spacial score (nSPS) is 16.4. The SMILES string of the molecule is NC(=NC1=N[C@H](CC(=O)Nc2cc(Cl)cc(Cl)c2)C(=O)N1)Nc1ccccc1. The van der Waals surface area contributed by atoms with Gasteiger partial charge in [0.1, 0.15) is 6.04 Å². The Morgan fingerprint density at radius 3 is 2.46 bits per heavy atom. The smallest absolute Gasteiger partial charge is 0.252 e. The van der Waals surface area contributed by atoms with Crippen molar-refractivity contribution in [1.82, 2.24) is 5.32 Å². The molecular weight excluding hydrogens is 403 g/mol. The molecule has 0 saturated carbocycles. The minimum atomic E-state index is -0.905. The number of guanidine groups is 2. The largest absolute Gasteiger partial charge is 0.369 e. The van der Waals surface area contributed by atoms with Gasteiger partial charge in [0, 0.05) is 21.4 Å². The third-order valence-corrected chi connectivity index (χ3v) is 4.05. The zero-order valence-electron chi connectivity index (χ0n) is 14.4. The number of nitrogens with one attached hydrogen (secondary N) is 3. The highest BCUT2D eigenvalue weighted by Gasteiger charge is 2.28. The molecule has 1 atom stereocenters. The Bertz CT molecular complexity index is 942. The Balaban J connectivity index is 1.61. The second-order valence-corrected chi connectivity index (χ2v) is 6.73. The van der Waals surface area contributed by atoms with Crippen LogP contribution in [-0.4, -0.2) is 29.8 Å². The fraction of sp³-hybridized carbons (Fsp3) is 0.111. The van der Waals surface area contributed by atoms with E-state index in [1.807, 2.05) is 30.3 Å². The summed E-state index contributed by atoms with van der Waals surface area (Å²) in [4.78, 5) is 32.4. The first-order valence-electron chi connectivity index (χ1n) is 8.20. The van der Waals surface area contributed by atoms with Gasteiger partial charge in [-0.15, -0.1) is 0 Å². The number of carbonyl (C=O) groups excluding carboxylic acids is 2. The summed E-state index contributed by atoms with van der Waals surface area (Å²) in [5.41, 5.74) is 6.98. The van der Waals surface area contributed by atoms with Crippen LogP contribution in [0.4, 0.5) is 11.4 Å². The molecule has 0 aromatic heterocycles. The first-order valence-corrected chi connectivity index (χ1v) is 8.95. The van der Waals surface area contributed by atoms with E-state index >= 15 is 0 Å². The first kappa shape index (κ1) is 19.7. The van der Waals surface area contributed by atoms with Gasteiger partial charge in [0.2, 0.25) is 17.8 Å². The predicted octanol–water partition coefficient (Wildman–Crippen LogP) is 2.60. The molecule has 0 radical (unpaired) electrons. The number of hydrogen-bond donors (Lipinski definition) is 4. The molecule has 0 saturated heterocycles. The Morgan fingerprint density at radius 2 is 1.79 bits per heavy atom. The van der Waals surface area contributed by atoms with Crippen LogP contribution in [0.15, 0.2) is 58.5 Å². The summed E-state index contributed by atoms with van der Waals surface area (Å²) < 4.78 is 0. The molecule has 0 fully saturated rings. The number of hydrogen-bond acceptors (Lipinski definition) is 4. The lowest BCUT2D eigenvalue weighted by Gasteiger charge is -2.07. The molecule has 1 aliphatic rings. The van der Waals surface area contributed by atoms with Gasteiger partial charge in [0.25, 0.3) is 5.91 Å². The molecule has 1 heterocycles. The van der Waals surface area contributed by atoms with Gasteiger partial charge >= 0.3 is 0 Å². The fourth-order valence-electron chi connectivity index (χ4n) is 2.45. The molecule has 0 unspecified atom stereocenters. The van der Waals surface area contributed by atoms with Crippen LogP contribution in [0.1, 0.15) is 6.42 Å². The number of amides is 2. The van der Waals surface area contributed by atoms with Gasteiger partial charge in [-0.1, -0.05) is 41.4 Å². The number of anilines is 2. The lowest BCUT2D eigenvalue weighted by molar-refractivity contribution is -0.123. The molecule has 8 nitrogen and oxygen atoms in total. The Hall–Kier alpha value is -3.10. The average molecular weight is 419 g/mol. The topological polar surface area (TPSA) is 121 Å². The highest BCUT2D eigenvalue weighted by Crippen LogP contribution is 2.22. The molecule has 2 aromatic carbocycles. The molecule has 0 aliphatic carbocycles. The zero-order valence-corrected chi connectivity index (χ0v) is 16.0. The van der Waals surface area contributed by atoms with Crippen LogP contribution < -0.4 is 21.7 Å². The third-order valence-electron chi connectivity index (χ3n) is 3.61. The molecular formula is C18H16Cl2N6O2. The van der Waals surface area contributed by atoms with Crippen molar-refractivity contribution in [3.8, 4) is 0 Å². The average Bonchev–Trinajstić information content (AvgIpc) is 2.93. The van der Waals surface area contributed by atoms with E-state index in [1.54, 1.807) is 18.2 Å². The van der Waals surface area contributed by atoms with Crippen molar-refractivity contribution in [2.75, 3.05) is 10.6 Å². The number of rotatable bonds is 4. The van der Waals surface area contributed by atoms with E-state index in [1.165, 1.54) is 0 Å². The van der Waals surface area contributed by atoms with Gasteiger partial charge in [-0.3, -0.25) is 14.9 Å². The van der Waals surface area contributed by atoms with Crippen molar-refractivity contribution >= 4 is 58.3 Å². The van der Waals surface area contributed by atoms with Crippen LogP contribution in [0.2, 0.25) is 10.0 Å².